The van der Waals surface area contributed by atoms with Crippen LogP contribution in [-0.4, -0.2) is 37.0 Å². The van der Waals surface area contributed by atoms with Gasteiger partial charge < -0.3 is 27.1 Å². The third-order valence-corrected chi connectivity index (χ3v) is 10.5. The van der Waals surface area contributed by atoms with Gasteiger partial charge in [0.25, 0.3) is 10.0 Å². The molecule has 0 fully saturated rings. The molecule has 0 saturated heterocycles. The molecule has 0 bridgehead atoms. The number of anilines is 6. The number of nitrogens with zero attached hydrogens (tertiary/aromatic N) is 3. The summed E-state index contributed by atoms with van der Waals surface area (Å²) in [6, 6.07) is 27.1. The molecule has 47 heavy (non-hydrogen) atoms. The Morgan fingerprint density at radius 1 is 0.851 bits per heavy atom. The molecule has 12 nitrogen and oxygen atoms in total. The van der Waals surface area contributed by atoms with Gasteiger partial charge in [0.05, 0.1) is 28.7 Å². The number of hydrazine groups is 1. The number of carbonyl (C=O) groups excluding carboxylic acids is 1. The Morgan fingerprint density at radius 3 is 2.49 bits per heavy atom. The zero-order valence-electron chi connectivity index (χ0n) is 25.1. The van der Waals surface area contributed by atoms with Gasteiger partial charge in [-0.1, -0.05) is 54.6 Å². The van der Waals surface area contributed by atoms with E-state index in [1.165, 1.54) is 33.1 Å². The van der Waals surface area contributed by atoms with E-state index in [1.807, 2.05) is 54.6 Å². The van der Waals surface area contributed by atoms with Crippen molar-refractivity contribution >= 4 is 50.7 Å². The summed E-state index contributed by atoms with van der Waals surface area (Å²) in [5.41, 5.74) is 20.0. The van der Waals surface area contributed by atoms with Gasteiger partial charge in [-0.2, -0.15) is 9.97 Å². The number of para-hydroxylation sites is 1. The number of nitrogens with two attached hydrogens (primary N) is 1. The Hall–Kier alpha value is -5.66. The summed E-state index contributed by atoms with van der Waals surface area (Å²) in [5.74, 6) is 1.26. The van der Waals surface area contributed by atoms with Crippen LogP contribution in [-0.2, 0) is 29.4 Å². The predicted octanol–water partition coefficient (Wildman–Crippen LogP) is 4.94. The highest BCUT2D eigenvalue weighted by Crippen LogP contribution is 2.38. The first-order chi connectivity index (χ1) is 22.8. The van der Waals surface area contributed by atoms with E-state index in [0.29, 0.717) is 41.7 Å². The number of fused-ring (bicyclic) bond motifs is 5. The van der Waals surface area contributed by atoms with Crippen molar-refractivity contribution in [3.05, 3.63) is 113 Å². The molecule has 8 rings (SSSR count). The molecule has 0 spiro atoms. The van der Waals surface area contributed by atoms with Gasteiger partial charge in [0.15, 0.2) is 5.82 Å². The summed E-state index contributed by atoms with van der Waals surface area (Å²) in [6.45, 7) is 0.649. The molecule has 1 aromatic heterocycles. The molecule has 2 amide bonds. The number of hydrogen-bond acceptors (Lipinski definition) is 9. The van der Waals surface area contributed by atoms with E-state index in [-0.39, 0.29) is 23.4 Å². The zero-order chi connectivity index (χ0) is 32.1. The minimum Gasteiger partial charge on any atom is -0.368 e. The van der Waals surface area contributed by atoms with Crippen LogP contribution in [0.25, 0.3) is 11.1 Å². The number of benzene rings is 4. The fourth-order valence-electron chi connectivity index (χ4n) is 6.56. The van der Waals surface area contributed by atoms with Gasteiger partial charge in [0.2, 0.25) is 5.95 Å². The predicted molar refractivity (Wildman–Crippen MR) is 183 cm³/mol. The Balaban J connectivity index is 1.01. The molecule has 1 unspecified atom stereocenters. The fraction of sp³-hybridized carbons (Fsp3) is 0.147. The lowest BCUT2D eigenvalue weighted by molar-refractivity contribution is 0.262. The average molecular weight is 646 g/mol. The molecule has 0 saturated carbocycles. The molecule has 3 aliphatic rings. The van der Waals surface area contributed by atoms with Crippen LogP contribution < -0.4 is 36.8 Å². The van der Waals surface area contributed by atoms with Gasteiger partial charge in [-0.25, -0.2) is 18.6 Å². The lowest BCUT2D eigenvalue weighted by Gasteiger charge is -2.36. The molecule has 1 atom stereocenters. The highest BCUT2D eigenvalue weighted by molar-refractivity contribution is 7.92. The maximum Gasteiger partial charge on any atom is 0.323 e. The SMILES string of the molecule is Nc1nc2c(c(NC3Cc4ccccc4N(S(=O)(=O)c4cccc(NC(=O)Nc5ccc6c(c5)Cc5ccccc5-6)c4)C3)n1)CNN2. The largest absolute Gasteiger partial charge is 0.368 e. The van der Waals surface area contributed by atoms with Crippen molar-refractivity contribution in [3.8, 4) is 11.1 Å². The van der Waals surface area contributed by atoms with Crippen molar-refractivity contribution in [1.29, 1.82) is 0 Å². The molecule has 0 radical (unpaired) electrons. The normalized spacial score (nSPS) is 15.9. The molecular formula is C34H31N9O3S. The van der Waals surface area contributed by atoms with Crippen molar-refractivity contribution < 1.29 is 13.2 Å². The van der Waals surface area contributed by atoms with Crippen LogP contribution in [0.5, 0.6) is 0 Å². The second kappa shape index (κ2) is 11.3. The third kappa shape index (κ3) is 5.34. The molecule has 1 aliphatic carbocycles. The third-order valence-electron chi connectivity index (χ3n) is 8.68. The number of nitrogen functional groups attached to an aromatic ring is 1. The average Bonchev–Trinajstić information content (AvgIpc) is 3.69. The van der Waals surface area contributed by atoms with E-state index in [4.69, 9.17) is 5.73 Å². The topological polar surface area (TPSA) is 166 Å². The van der Waals surface area contributed by atoms with E-state index < -0.39 is 16.1 Å². The quantitative estimate of drug-likeness (QED) is 0.147. The Labute approximate surface area is 271 Å². The number of amides is 2. The van der Waals surface area contributed by atoms with E-state index in [0.717, 1.165) is 23.1 Å². The summed E-state index contributed by atoms with van der Waals surface area (Å²) in [6.07, 6.45) is 1.39. The number of aromatic nitrogens is 2. The van der Waals surface area contributed by atoms with Crippen LogP contribution >= 0.6 is 0 Å². The molecule has 13 heteroatoms. The Bertz CT molecular complexity index is 2170. The highest BCUT2D eigenvalue weighted by Gasteiger charge is 2.34. The molecule has 2 aliphatic heterocycles. The molecule has 236 valence electrons. The molecule has 5 aromatic rings. The number of nitrogens with one attached hydrogen (secondary N) is 5. The van der Waals surface area contributed by atoms with E-state index in [2.05, 4.69) is 48.9 Å². The maximum atomic E-state index is 14.2. The van der Waals surface area contributed by atoms with Gasteiger partial charge in [-0.15, -0.1) is 0 Å². The van der Waals surface area contributed by atoms with Crippen molar-refractivity contribution in [2.45, 2.75) is 30.3 Å². The van der Waals surface area contributed by atoms with Gasteiger partial charge >= 0.3 is 6.03 Å². The highest BCUT2D eigenvalue weighted by atomic mass is 32.2. The monoisotopic (exact) mass is 645 g/mol. The first-order valence-corrected chi connectivity index (χ1v) is 16.7. The summed E-state index contributed by atoms with van der Waals surface area (Å²) in [7, 11) is -4.03. The van der Waals surface area contributed by atoms with Crippen LogP contribution in [0, 0.1) is 0 Å². The van der Waals surface area contributed by atoms with Gasteiger partial charge in [0.1, 0.15) is 5.82 Å². The van der Waals surface area contributed by atoms with Crippen molar-refractivity contribution in [2.24, 2.45) is 0 Å². The maximum absolute atomic E-state index is 14.2. The molecule has 4 aromatic carbocycles. The van der Waals surface area contributed by atoms with Crippen LogP contribution in [0.1, 0.15) is 22.3 Å². The first kappa shape index (κ1) is 28.8. The van der Waals surface area contributed by atoms with E-state index in [1.54, 1.807) is 12.1 Å². The van der Waals surface area contributed by atoms with Crippen LogP contribution in [0.15, 0.2) is 95.9 Å². The van der Waals surface area contributed by atoms with Crippen LogP contribution in [0.3, 0.4) is 0 Å². The van der Waals surface area contributed by atoms with E-state index >= 15 is 0 Å². The number of hydrogen-bond donors (Lipinski definition) is 6. The summed E-state index contributed by atoms with van der Waals surface area (Å²) in [5, 5.41) is 9.10. The standard InChI is InChI=1S/C34H31N9O3S/c35-33-40-31(29-18-36-42-32(29)41-33)37-25-15-21-7-2-4-11-30(21)43(19-25)47(45,46)26-9-5-8-23(17-26)38-34(44)39-24-12-13-28-22(16-24)14-20-6-1-3-10-27(20)28/h1-13,16-17,25,36H,14-15,18-19H2,(H2,38,39,44)(H4,35,37,40,41,42). The van der Waals surface area contributed by atoms with Gasteiger partial charge in [0, 0.05) is 17.9 Å². The summed E-state index contributed by atoms with van der Waals surface area (Å²) >= 11 is 0. The Kier molecular flexibility index (Phi) is 6.92. The number of carbonyl (C=O) groups is 1. The van der Waals surface area contributed by atoms with E-state index in [9.17, 15) is 13.2 Å². The van der Waals surface area contributed by atoms with Crippen molar-refractivity contribution in [2.75, 3.05) is 38.0 Å². The number of sulfonamides is 1. The second-order valence-electron chi connectivity index (χ2n) is 11.8. The van der Waals surface area contributed by atoms with Gasteiger partial charge in [-0.3, -0.25) is 4.31 Å². The lowest BCUT2D eigenvalue weighted by atomic mass is 9.99. The fourth-order valence-corrected chi connectivity index (χ4v) is 8.15. The molecular weight excluding hydrogens is 615 g/mol. The number of rotatable bonds is 6. The zero-order valence-corrected chi connectivity index (χ0v) is 25.9. The van der Waals surface area contributed by atoms with Crippen molar-refractivity contribution in [3.63, 3.8) is 0 Å². The molecule has 7 N–H and O–H groups in total. The second-order valence-corrected chi connectivity index (χ2v) is 13.6. The van der Waals surface area contributed by atoms with Crippen molar-refractivity contribution in [1.82, 2.24) is 15.4 Å². The Morgan fingerprint density at radius 2 is 1.62 bits per heavy atom. The number of urea groups is 1. The minimum absolute atomic E-state index is 0.0571. The molecule has 3 heterocycles. The minimum atomic E-state index is -4.03. The lowest BCUT2D eigenvalue weighted by Crippen LogP contribution is -2.45. The van der Waals surface area contributed by atoms with Crippen LogP contribution in [0.2, 0.25) is 0 Å². The summed E-state index contributed by atoms with van der Waals surface area (Å²) < 4.78 is 29.9. The van der Waals surface area contributed by atoms with Crippen LogP contribution in [0.4, 0.5) is 39.4 Å². The first-order valence-electron chi connectivity index (χ1n) is 15.2. The smallest absolute Gasteiger partial charge is 0.323 e. The summed E-state index contributed by atoms with van der Waals surface area (Å²) in [4.78, 5) is 21.7. The van der Waals surface area contributed by atoms with Gasteiger partial charge in [-0.05, 0) is 77.1 Å².